The normalized spacial score (nSPS) is 10.5. The Labute approximate surface area is 181 Å². The van der Waals surface area contributed by atoms with Gasteiger partial charge in [-0.05, 0) is 19.4 Å². The molecule has 0 aliphatic heterocycles. The van der Waals surface area contributed by atoms with Crippen LogP contribution < -0.4 is 5.32 Å². The van der Waals surface area contributed by atoms with Gasteiger partial charge in [-0.2, -0.15) is 0 Å². The lowest BCUT2D eigenvalue weighted by Gasteiger charge is -2.06. The van der Waals surface area contributed by atoms with Gasteiger partial charge < -0.3 is 14.8 Å². The van der Waals surface area contributed by atoms with Crippen LogP contribution in [0.4, 0.5) is 5.00 Å². The van der Waals surface area contributed by atoms with Crippen molar-refractivity contribution in [1.82, 2.24) is 4.98 Å². The van der Waals surface area contributed by atoms with E-state index in [0.29, 0.717) is 15.6 Å². The Morgan fingerprint density at radius 2 is 1.83 bits per heavy atom. The fourth-order valence-corrected chi connectivity index (χ4v) is 4.31. The molecule has 2 aromatic heterocycles. The van der Waals surface area contributed by atoms with Crippen LogP contribution in [0.2, 0.25) is 0 Å². The van der Waals surface area contributed by atoms with Gasteiger partial charge in [0.2, 0.25) is 0 Å². The molecule has 3 rings (SSSR count). The van der Waals surface area contributed by atoms with Crippen LogP contribution in [0, 0.1) is 0 Å². The van der Waals surface area contributed by atoms with Crippen molar-refractivity contribution in [3.63, 3.8) is 0 Å². The summed E-state index contributed by atoms with van der Waals surface area (Å²) < 4.78 is 10.1. The average molecular weight is 445 g/mol. The number of carbonyl (C=O) groups excluding carboxylic acids is 3. The first-order valence-electron chi connectivity index (χ1n) is 9.29. The molecule has 3 aromatic rings. The number of carbonyl (C=O) groups is 3. The van der Waals surface area contributed by atoms with E-state index in [1.165, 1.54) is 22.7 Å². The van der Waals surface area contributed by atoms with Crippen LogP contribution in [0.1, 0.15) is 39.6 Å². The van der Waals surface area contributed by atoms with Crippen molar-refractivity contribution < 1.29 is 23.9 Å². The molecule has 0 fully saturated rings. The largest absolute Gasteiger partial charge is 0.462 e. The summed E-state index contributed by atoms with van der Waals surface area (Å²) in [6, 6.07) is 11.2. The Hall–Kier alpha value is -3.04. The monoisotopic (exact) mass is 444 g/mol. The quantitative estimate of drug-likeness (QED) is 0.517. The van der Waals surface area contributed by atoms with Crippen LogP contribution in [-0.4, -0.2) is 36.0 Å². The van der Waals surface area contributed by atoms with E-state index in [4.69, 9.17) is 9.47 Å². The maximum absolute atomic E-state index is 12.3. The molecule has 9 heteroatoms. The molecular weight excluding hydrogens is 424 g/mol. The molecule has 2 heterocycles. The minimum absolute atomic E-state index is 0.142. The highest BCUT2D eigenvalue weighted by Crippen LogP contribution is 2.29. The van der Waals surface area contributed by atoms with Crippen molar-refractivity contribution in [2.45, 2.75) is 20.3 Å². The van der Waals surface area contributed by atoms with Crippen molar-refractivity contribution >= 4 is 45.5 Å². The van der Waals surface area contributed by atoms with Gasteiger partial charge in [-0.3, -0.25) is 4.79 Å². The van der Waals surface area contributed by atoms with Crippen molar-refractivity contribution in [2.24, 2.45) is 0 Å². The van der Waals surface area contributed by atoms with Crippen LogP contribution in [0.25, 0.3) is 10.6 Å². The number of aryl methyl sites for hydroxylation is 1. The summed E-state index contributed by atoms with van der Waals surface area (Å²) in [6.45, 7) is 3.41. The maximum Gasteiger partial charge on any atom is 0.358 e. The Morgan fingerprint density at radius 3 is 2.53 bits per heavy atom. The van der Waals surface area contributed by atoms with Crippen LogP contribution in [-0.2, 0) is 20.7 Å². The third kappa shape index (κ3) is 5.31. The van der Waals surface area contributed by atoms with E-state index >= 15 is 0 Å². The summed E-state index contributed by atoms with van der Waals surface area (Å²) in [6.07, 6.45) is 0.718. The van der Waals surface area contributed by atoms with Crippen molar-refractivity contribution in [1.29, 1.82) is 0 Å². The van der Waals surface area contributed by atoms with Crippen LogP contribution in [0.15, 0.2) is 41.8 Å². The molecule has 0 spiro atoms. The van der Waals surface area contributed by atoms with Gasteiger partial charge in [-0.25, -0.2) is 14.6 Å². The predicted octanol–water partition coefficient (Wildman–Crippen LogP) is 4.41. The Bertz CT molecular complexity index is 1040. The van der Waals surface area contributed by atoms with E-state index in [9.17, 15) is 14.4 Å². The maximum atomic E-state index is 12.3. The summed E-state index contributed by atoms with van der Waals surface area (Å²) >= 11 is 2.61. The summed E-state index contributed by atoms with van der Waals surface area (Å²) in [5.74, 6) is -1.73. The van der Waals surface area contributed by atoms with Gasteiger partial charge in [0.05, 0.1) is 12.2 Å². The number of nitrogens with one attached hydrogen (secondary N) is 1. The first-order valence-corrected chi connectivity index (χ1v) is 11.0. The predicted molar refractivity (Wildman–Crippen MR) is 116 cm³/mol. The minimum Gasteiger partial charge on any atom is -0.462 e. The van der Waals surface area contributed by atoms with Gasteiger partial charge in [0, 0.05) is 15.8 Å². The van der Waals surface area contributed by atoms with E-state index in [1.807, 2.05) is 37.3 Å². The lowest BCUT2D eigenvalue weighted by molar-refractivity contribution is -0.119. The molecular formula is C21H20N2O5S2. The second kappa shape index (κ2) is 10.1. The minimum atomic E-state index is -0.686. The lowest BCUT2D eigenvalue weighted by atomic mass is 10.2. The molecule has 156 valence electrons. The fourth-order valence-electron chi connectivity index (χ4n) is 2.52. The summed E-state index contributed by atoms with van der Waals surface area (Å²) in [4.78, 5) is 41.8. The van der Waals surface area contributed by atoms with Crippen LogP contribution in [0.5, 0.6) is 0 Å². The number of thiazole rings is 1. The molecule has 0 aliphatic rings. The molecule has 0 radical (unpaired) electrons. The van der Waals surface area contributed by atoms with E-state index in [-0.39, 0.29) is 12.3 Å². The van der Waals surface area contributed by atoms with Gasteiger partial charge >= 0.3 is 11.9 Å². The average Bonchev–Trinajstić information content (AvgIpc) is 3.40. The highest BCUT2D eigenvalue weighted by molar-refractivity contribution is 7.16. The van der Waals surface area contributed by atoms with Crippen molar-refractivity contribution in [3.8, 4) is 10.6 Å². The smallest absolute Gasteiger partial charge is 0.358 e. The zero-order chi connectivity index (χ0) is 21.5. The number of thiophene rings is 1. The molecule has 0 saturated carbocycles. The van der Waals surface area contributed by atoms with Gasteiger partial charge in [0.1, 0.15) is 10.0 Å². The second-order valence-electron chi connectivity index (χ2n) is 6.06. The van der Waals surface area contributed by atoms with Crippen LogP contribution >= 0.6 is 22.7 Å². The Morgan fingerprint density at radius 1 is 1.07 bits per heavy atom. The number of amides is 1. The number of benzene rings is 1. The molecule has 0 aliphatic carbocycles. The van der Waals surface area contributed by atoms with Crippen molar-refractivity contribution in [3.05, 3.63) is 57.9 Å². The number of rotatable bonds is 8. The molecule has 0 atom stereocenters. The van der Waals surface area contributed by atoms with E-state index in [0.717, 1.165) is 16.9 Å². The number of esters is 2. The third-order valence-corrected chi connectivity index (χ3v) is 6.03. The number of aromatic nitrogens is 1. The van der Waals surface area contributed by atoms with Gasteiger partial charge in [0.15, 0.2) is 12.3 Å². The Kier molecular flexibility index (Phi) is 7.31. The summed E-state index contributed by atoms with van der Waals surface area (Å²) in [5.41, 5.74) is 1.34. The molecule has 7 nitrogen and oxygen atoms in total. The first kappa shape index (κ1) is 21.7. The molecule has 30 heavy (non-hydrogen) atoms. The summed E-state index contributed by atoms with van der Waals surface area (Å²) in [7, 11) is 0. The molecule has 0 saturated heterocycles. The first-order chi connectivity index (χ1) is 14.5. The van der Waals surface area contributed by atoms with E-state index in [1.54, 1.807) is 18.4 Å². The molecule has 1 aromatic carbocycles. The number of nitrogens with zero attached hydrogens (tertiary/aromatic N) is 1. The molecule has 1 N–H and O–H groups in total. The number of hydrogen-bond donors (Lipinski definition) is 1. The molecule has 1 amide bonds. The SMILES string of the molecule is CCOC(=O)c1cc(CC)sc1NC(=O)COC(=O)c1csc(-c2ccccc2)n1. The van der Waals surface area contributed by atoms with Crippen LogP contribution in [0.3, 0.4) is 0 Å². The number of hydrogen-bond acceptors (Lipinski definition) is 8. The van der Waals surface area contributed by atoms with Crippen molar-refractivity contribution in [2.75, 3.05) is 18.5 Å². The zero-order valence-electron chi connectivity index (χ0n) is 16.5. The number of ether oxygens (including phenoxy) is 2. The lowest BCUT2D eigenvalue weighted by Crippen LogP contribution is -2.21. The standard InChI is InChI=1S/C21H20N2O5S2/c1-3-14-10-15(20(25)27-4-2)19(30-14)23-17(24)11-28-21(26)16-12-29-18(22-16)13-8-6-5-7-9-13/h5-10,12H,3-4,11H2,1-2H3,(H,23,24). The van der Waals surface area contributed by atoms with E-state index < -0.39 is 24.5 Å². The molecule has 0 unspecified atom stereocenters. The topological polar surface area (TPSA) is 94.6 Å². The van der Waals surface area contributed by atoms with Gasteiger partial charge in [-0.1, -0.05) is 37.3 Å². The van der Waals surface area contributed by atoms with Gasteiger partial charge in [0.25, 0.3) is 5.91 Å². The fraction of sp³-hybridized carbons (Fsp3) is 0.238. The zero-order valence-corrected chi connectivity index (χ0v) is 18.1. The summed E-state index contributed by atoms with van der Waals surface area (Å²) in [5, 5.41) is 5.29. The van der Waals surface area contributed by atoms with E-state index in [2.05, 4.69) is 10.3 Å². The number of anilines is 1. The molecule has 0 bridgehead atoms. The van der Waals surface area contributed by atoms with Gasteiger partial charge in [-0.15, -0.1) is 22.7 Å². The third-order valence-electron chi connectivity index (χ3n) is 3.95. The Balaban J connectivity index is 1.60. The highest BCUT2D eigenvalue weighted by Gasteiger charge is 2.20. The highest BCUT2D eigenvalue weighted by atomic mass is 32.1. The second-order valence-corrected chi connectivity index (χ2v) is 8.05.